The zero-order valence-corrected chi connectivity index (χ0v) is 10.9. The number of hydrogen-bond donors (Lipinski definition) is 1. The lowest BCUT2D eigenvalue weighted by molar-refractivity contribution is 0.265. The number of pyridine rings is 1. The molecule has 1 fully saturated rings. The van der Waals surface area contributed by atoms with Crippen molar-refractivity contribution in [3.63, 3.8) is 0 Å². The fraction of sp³-hybridized carbons (Fsp3) is 0.643. The van der Waals surface area contributed by atoms with Crippen molar-refractivity contribution in [3.8, 4) is 0 Å². The van der Waals surface area contributed by atoms with Gasteiger partial charge in [-0.2, -0.15) is 0 Å². The van der Waals surface area contributed by atoms with Gasteiger partial charge in [-0.15, -0.1) is 0 Å². The molecule has 0 spiro atoms. The SMILES string of the molecule is CCN(Cc1cccc(CNC)n1)CC1CC1. The van der Waals surface area contributed by atoms with Crippen LogP contribution in [-0.2, 0) is 13.1 Å². The van der Waals surface area contributed by atoms with E-state index in [0.717, 1.165) is 31.2 Å². The zero-order chi connectivity index (χ0) is 12.1. The second kappa shape index (κ2) is 6.12. The average molecular weight is 233 g/mol. The van der Waals surface area contributed by atoms with Gasteiger partial charge in [0.05, 0.1) is 11.4 Å². The fourth-order valence-corrected chi connectivity index (χ4v) is 2.10. The smallest absolute Gasteiger partial charge is 0.0547 e. The molecule has 1 aromatic rings. The van der Waals surface area contributed by atoms with Gasteiger partial charge in [-0.25, -0.2) is 0 Å². The zero-order valence-electron chi connectivity index (χ0n) is 10.9. The van der Waals surface area contributed by atoms with Crippen molar-refractivity contribution in [1.29, 1.82) is 0 Å². The molecule has 94 valence electrons. The lowest BCUT2D eigenvalue weighted by Crippen LogP contribution is -2.25. The predicted molar refractivity (Wildman–Crippen MR) is 70.7 cm³/mol. The summed E-state index contributed by atoms with van der Waals surface area (Å²) in [6.45, 7) is 6.44. The molecule has 2 rings (SSSR count). The average Bonchev–Trinajstić information content (AvgIpc) is 3.13. The molecular formula is C14H23N3. The first-order valence-corrected chi connectivity index (χ1v) is 6.63. The van der Waals surface area contributed by atoms with Gasteiger partial charge in [-0.1, -0.05) is 13.0 Å². The van der Waals surface area contributed by atoms with Gasteiger partial charge in [-0.05, 0) is 44.5 Å². The third-order valence-corrected chi connectivity index (χ3v) is 3.27. The van der Waals surface area contributed by atoms with E-state index in [1.54, 1.807) is 0 Å². The van der Waals surface area contributed by atoms with E-state index in [1.165, 1.54) is 25.1 Å². The second-order valence-electron chi connectivity index (χ2n) is 4.92. The minimum atomic E-state index is 0.850. The molecule has 1 aromatic heterocycles. The van der Waals surface area contributed by atoms with E-state index in [1.807, 2.05) is 7.05 Å². The van der Waals surface area contributed by atoms with E-state index in [9.17, 15) is 0 Å². The maximum absolute atomic E-state index is 4.67. The number of rotatable bonds is 7. The summed E-state index contributed by atoms with van der Waals surface area (Å²) in [5.41, 5.74) is 2.33. The molecule has 0 unspecified atom stereocenters. The van der Waals surface area contributed by atoms with Gasteiger partial charge in [0, 0.05) is 19.6 Å². The molecule has 0 aliphatic heterocycles. The Morgan fingerprint density at radius 3 is 2.76 bits per heavy atom. The van der Waals surface area contributed by atoms with E-state index in [2.05, 4.69) is 40.3 Å². The molecule has 1 heterocycles. The van der Waals surface area contributed by atoms with Gasteiger partial charge < -0.3 is 5.32 Å². The molecular weight excluding hydrogens is 210 g/mol. The van der Waals surface area contributed by atoms with Crippen LogP contribution in [0.15, 0.2) is 18.2 Å². The van der Waals surface area contributed by atoms with E-state index < -0.39 is 0 Å². The quantitative estimate of drug-likeness (QED) is 0.781. The predicted octanol–water partition coefficient (Wildman–Crippen LogP) is 2.03. The van der Waals surface area contributed by atoms with Gasteiger partial charge in [0.15, 0.2) is 0 Å². The highest BCUT2D eigenvalue weighted by atomic mass is 15.1. The lowest BCUT2D eigenvalue weighted by atomic mass is 10.2. The molecule has 3 nitrogen and oxygen atoms in total. The Hall–Kier alpha value is -0.930. The first-order chi connectivity index (χ1) is 8.31. The van der Waals surface area contributed by atoms with Crippen molar-refractivity contribution < 1.29 is 0 Å². The summed E-state index contributed by atoms with van der Waals surface area (Å²) in [6.07, 6.45) is 2.84. The molecule has 0 radical (unpaired) electrons. The Kier molecular flexibility index (Phi) is 4.51. The van der Waals surface area contributed by atoms with Crippen LogP contribution in [0, 0.1) is 5.92 Å². The molecule has 1 saturated carbocycles. The molecule has 1 aliphatic rings. The molecule has 1 aliphatic carbocycles. The number of hydrogen-bond acceptors (Lipinski definition) is 3. The highest BCUT2D eigenvalue weighted by molar-refractivity contribution is 5.11. The highest BCUT2D eigenvalue weighted by Crippen LogP contribution is 2.29. The molecule has 0 bridgehead atoms. The van der Waals surface area contributed by atoms with Crippen LogP contribution in [0.1, 0.15) is 31.2 Å². The summed E-state index contributed by atoms with van der Waals surface area (Å²) >= 11 is 0. The van der Waals surface area contributed by atoms with Crippen molar-refractivity contribution in [2.75, 3.05) is 20.1 Å². The van der Waals surface area contributed by atoms with E-state index in [0.29, 0.717) is 0 Å². The molecule has 0 amide bonds. The minimum Gasteiger partial charge on any atom is -0.314 e. The van der Waals surface area contributed by atoms with Crippen LogP contribution in [0.3, 0.4) is 0 Å². The fourth-order valence-electron chi connectivity index (χ4n) is 2.10. The Labute approximate surface area is 104 Å². The van der Waals surface area contributed by atoms with Crippen molar-refractivity contribution in [2.24, 2.45) is 5.92 Å². The topological polar surface area (TPSA) is 28.2 Å². The van der Waals surface area contributed by atoms with Crippen LogP contribution in [0.4, 0.5) is 0 Å². The van der Waals surface area contributed by atoms with Crippen LogP contribution < -0.4 is 5.32 Å². The third-order valence-electron chi connectivity index (χ3n) is 3.27. The van der Waals surface area contributed by atoms with Crippen molar-refractivity contribution >= 4 is 0 Å². The van der Waals surface area contributed by atoms with Gasteiger partial charge in [-0.3, -0.25) is 9.88 Å². The molecule has 0 atom stereocenters. The van der Waals surface area contributed by atoms with Crippen LogP contribution in [0.2, 0.25) is 0 Å². The first-order valence-electron chi connectivity index (χ1n) is 6.63. The lowest BCUT2D eigenvalue weighted by Gasteiger charge is -2.19. The molecule has 0 saturated heterocycles. The summed E-state index contributed by atoms with van der Waals surface area (Å²) in [4.78, 5) is 7.18. The van der Waals surface area contributed by atoms with Crippen LogP contribution >= 0.6 is 0 Å². The number of nitrogens with one attached hydrogen (secondary N) is 1. The number of aromatic nitrogens is 1. The second-order valence-corrected chi connectivity index (χ2v) is 4.92. The molecule has 3 heteroatoms. The molecule has 17 heavy (non-hydrogen) atoms. The van der Waals surface area contributed by atoms with Gasteiger partial charge in [0.25, 0.3) is 0 Å². The summed E-state index contributed by atoms with van der Waals surface area (Å²) in [5.74, 6) is 0.954. The standard InChI is InChI=1S/C14H23N3/c1-3-17(10-12-7-8-12)11-14-6-4-5-13(16-14)9-15-2/h4-6,12,15H,3,7-11H2,1-2H3. The Morgan fingerprint density at radius 1 is 1.35 bits per heavy atom. The van der Waals surface area contributed by atoms with Crippen LogP contribution in [0.25, 0.3) is 0 Å². The van der Waals surface area contributed by atoms with Crippen molar-refractivity contribution in [3.05, 3.63) is 29.6 Å². The summed E-state index contributed by atoms with van der Waals surface area (Å²) in [5, 5.41) is 3.14. The van der Waals surface area contributed by atoms with Crippen molar-refractivity contribution in [1.82, 2.24) is 15.2 Å². The van der Waals surface area contributed by atoms with Gasteiger partial charge >= 0.3 is 0 Å². The Balaban J connectivity index is 1.92. The Morgan fingerprint density at radius 2 is 2.12 bits per heavy atom. The maximum atomic E-state index is 4.67. The van der Waals surface area contributed by atoms with Crippen molar-refractivity contribution in [2.45, 2.75) is 32.9 Å². The van der Waals surface area contributed by atoms with Crippen LogP contribution in [-0.4, -0.2) is 30.0 Å². The maximum Gasteiger partial charge on any atom is 0.0547 e. The first kappa shape index (κ1) is 12.5. The normalized spacial score (nSPS) is 15.5. The van der Waals surface area contributed by atoms with E-state index in [-0.39, 0.29) is 0 Å². The third kappa shape index (κ3) is 4.10. The summed E-state index contributed by atoms with van der Waals surface area (Å²) in [6, 6.07) is 6.33. The number of nitrogens with zero attached hydrogens (tertiary/aromatic N) is 2. The van der Waals surface area contributed by atoms with Gasteiger partial charge in [0.1, 0.15) is 0 Å². The summed E-state index contributed by atoms with van der Waals surface area (Å²) < 4.78 is 0. The van der Waals surface area contributed by atoms with E-state index >= 15 is 0 Å². The largest absolute Gasteiger partial charge is 0.314 e. The minimum absolute atomic E-state index is 0.850. The highest BCUT2D eigenvalue weighted by Gasteiger charge is 2.23. The molecule has 0 aromatic carbocycles. The molecule has 1 N–H and O–H groups in total. The summed E-state index contributed by atoms with van der Waals surface area (Å²) in [7, 11) is 1.96. The van der Waals surface area contributed by atoms with E-state index in [4.69, 9.17) is 0 Å². The van der Waals surface area contributed by atoms with Gasteiger partial charge in [0.2, 0.25) is 0 Å². The monoisotopic (exact) mass is 233 g/mol. The van der Waals surface area contributed by atoms with Crippen LogP contribution in [0.5, 0.6) is 0 Å². The Bertz CT molecular complexity index is 347.